The topological polar surface area (TPSA) is 77.3 Å². The summed E-state index contributed by atoms with van der Waals surface area (Å²) < 4.78 is 9.98. The number of hydrogen-bond acceptors (Lipinski definition) is 4. The Morgan fingerprint density at radius 1 is 1.43 bits per heavy atom. The third-order valence-electron chi connectivity index (χ3n) is 1.92. The van der Waals surface area contributed by atoms with Gasteiger partial charge in [-0.2, -0.15) is 0 Å². The number of H-pyrrole nitrogens is 1. The van der Waals surface area contributed by atoms with Gasteiger partial charge in [-0.1, -0.05) is 6.07 Å². The van der Waals surface area contributed by atoms with Crippen LogP contribution in [0.5, 0.6) is 0 Å². The molecule has 0 radical (unpaired) electrons. The van der Waals surface area contributed by atoms with Gasteiger partial charge in [0.25, 0.3) is 5.56 Å². The SMILES string of the molecule is COC(OC)c1ccc(CN)c(=O)[nH]1. The Morgan fingerprint density at radius 2 is 2.07 bits per heavy atom. The molecular formula is C9H14N2O3. The van der Waals surface area contributed by atoms with Gasteiger partial charge in [0, 0.05) is 26.3 Å². The Balaban J connectivity index is 3.01. The van der Waals surface area contributed by atoms with Crippen molar-refractivity contribution < 1.29 is 9.47 Å². The third-order valence-corrected chi connectivity index (χ3v) is 1.92. The molecule has 0 saturated heterocycles. The van der Waals surface area contributed by atoms with Crippen LogP contribution in [0.1, 0.15) is 17.5 Å². The van der Waals surface area contributed by atoms with Gasteiger partial charge in [0.05, 0.1) is 5.69 Å². The molecule has 5 heteroatoms. The number of aromatic amines is 1. The number of hydrogen-bond donors (Lipinski definition) is 2. The molecule has 0 fully saturated rings. The zero-order valence-corrected chi connectivity index (χ0v) is 8.24. The van der Waals surface area contributed by atoms with E-state index in [0.29, 0.717) is 11.3 Å². The largest absolute Gasteiger partial charge is 0.350 e. The van der Waals surface area contributed by atoms with Crippen molar-refractivity contribution in [1.29, 1.82) is 0 Å². The number of aromatic nitrogens is 1. The van der Waals surface area contributed by atoms with Crippen LogP contribution in [-0.2, 0) is 16.0 Å². The molecule has 0 aromatic carbocycles. The quantitative estimate of drug-likeness (QED) is 0.674. The van der Waals surface area contributed by atoms with Crippen molar-refractivity contribution in [1.82, 2.24) is 4.98 Å². The Bertz CT molecular complexity index is 344. The molecule has 0 aliphatic rings. The van der Waals surface area contributed by atoms with E-state index in [9.17, 15) is 4.79 Å². The van der Waals surface area contributed by atoms with Crippen molar-refractivity contribution in [3.63, 3.8) is 0 Å². The van der Waals surface area contributed by atoms with E-state index in [1.54, 1.807) is 12.1 Å². The van der Waals surface area contributed by atoms with Gasteiger partial charge in [0.2, 0.25) is 0 Å². The molecule has 14 heavy (non-hydrogen) atoms. The minimum Gasteiger partial charge on any atom is -0.350 e. The van der Waals surface area contributed by atoms with Gasteiger partial charge in [0.1, 0.15) is 0 Å². The fourth-order valence-electron chi connectivity index (χ4n) is 1.17. The second-order valence-electron chi connectivity index (χ2n) is 2.78. The van der Waals surface area contributed by atoms with E-state index in [1.807, 2.05) is 0 Å². The van der Waals surface area contributed by atoms with Crippen LogP contribution in [-0.4, -0.2) is 19.2 Å². The van der Waals surface area contributed by atoms with Gasteiger partial charge in [-0.25, -0.2) is 0 Å². The maximum Gasteiger partial charge on any atom is 0.252 e. The zero-order valence-electron chi connectivity index (χ0n) is 8.24. The predicted octanol–water partition coefficient (Wildman–Crippen LogP) is 0.125. The Hall–Kier alpha value is -1.17. The van der Waals surface area contributed by atoms with Crippen LogP contribution in [0.15, 0.2) is 16.9 Å². The molecule has 1 rings (SSSR count). The first-order valence-electron chi connectivity index (χ1n) is 4.20. The van der Waals surface area contributed by atoms with Crippen molar-refractivity contribution in [2.45, 2.75) is 12.8 Å². The van der Waals surface area contributed by atoms with Crippen LogP contribution in [0.2, 0.25) is 0 Å². The van der Waals surface area contributed by atoms with Gasteiger partial charge < -0.3 is 20.2 Å². The highest BCUT2D eigenvalue weighted by Crippen LogP contribution is 2.12. The fraction of sp³-hybridized carbons (Fsp3) is 0.444. The molecule has 0 saturated carbocycles. The molecule has 0 unspecified atom stereocenters. The van der Waals surface area contributed by atoms with Crippen molar-refractivity contribution >= 4 is 0 Å². The van der Waals surface area contributed by atoms with E-state index in [2.05, 4.69) is 4.98 Å². The second kappa shape index (κ2) is 4.90. The first-order chi connectivity index (χ1) is 6.72. The minimum atomic E-state index is -0.547. The first kappa shape index (κ1) is 10.9. The molecule has 1 aromatic rings. The van der Waals surface area contributed by atoms with E-state index in [1.165, 1.54) is 14.2 Å². The monoisotopic (exact) mass is 198 g/mol. The van der Waals surface area contributed by atoms with Crippen molar-refractivity contribution in [2.24, 2.45) is 5.73 Å². The lowest BCUT2D eigenvalue weighted by Crippen LogP contribution is -2.19. The summed E-state index contributed by atoms with van der Waals surface area (Å²) in [7, 11) is 3.01. The number of ether oxygens (including phenoxy) is 2. The molecule has 1 heterocycles. The molecule has 0 aliphatic heterocycles. The fourth-order valence-corrected chi connectivity index (χ4v) is 1.17. The number of rotatable bonds is 4. The zero-order chi connectivity index (χ0) is 10.6. The van der Waals surface area contributed by atoms with Crippen molar-refractivity contribution in [2.75, 3.05) is 14.2 Å². The van der Waals surface area contributed by atoms with Crippen LogP contribution >= 0.6 is 0 Å². The maximum atomic E-state index is 11.4. The van der Waals surface area contributed by atoms with Crippen LogP contribution in [0, 0.1) is 0 Å². The molecular weight excluding hydrogens is 184 g/mol. The summed E-state index contributed by atoms with van der Waals surface area (Å²) in [6, 6.07) is 3.39. The first-order valence-corrected chi connectivity index (χ1v) is 4.20. The Labute approximate surface area is 81.8 Å². The number of nitrogens with one attached hydrogen (secondary N) is 1. The summed E-state index contributed by atoms with van der Waals surface area (Å²) >= 11 is 0. The van der Waals surface area contributed by atoms with Crippen LogP contribution < -0.4 is 11.3 Å². The van der Waals surface area contributed by atoms with Crippen LogP contribution in [0.4, 0.5) is 0 Å². The van der Waals surface area contributed by atoms with E-state index in [-0.39, 0.29) is 12.1 Å². The second-order valence-corrected chi connectivity index (χ2v) is 2.78. The van der Waals surface area contributed by atoms with E-state index in [4.69, 9.17) is 15.2 Å². The Kier molecular flexibility index (Phi) is 3.82. The summed E-state index contributed by atoms with van der Waals surface area (Å²) in [5.41, 5.74) is 6.28. The van der Waals surface area contributed by atoms with Crippen LogP contribution in [0.25, 0.3) is 0 Å². The van der Waals surface area contributed by atoms with Gasteiger partial charge >= 0.3 is 0 Å². The highest BCUT2D eigenvalue weighted by atomic mass is 16.7. The molecule has 0 atom stereocenters. The van der Waals surface area contributed by atoms with Crippen LogP contribution in [0.3, 0.4) is 0 Å². The third kappa shape index (κ3) is 2.20. The molecule has 0 aliphatic carbocycles. The van der Waals surface area contributed by atoms with Crippen molar-refractivity contribution in [3.05, 3.63) is 33.7 Å². The Morgan fingerprint density at radius 3 is 2.50 bits per heavy atom. The average molecular weight is 198 g/mol. The molecule has 0 amide bonds. The number of methoxy groups -OCH3 is 2. The minimum absolute atomic E-state index is 0.205. The average Bonchev–Trinajstić information content (AvgIpc) is 2.20. The number of pyridine rings is 1. The highest BCUT2D eigenvalue weighted by Gasteiger charge is 2.10. The van der Waals surface area contributed by atoms with Gasteiger partial charge in [-0.3, -0.25) is 4.79 Å². The van der Waals surface area contributed by atoms with E-state index < -0.39 is 6.29 Å². The van der Waals surface area contributed by atoms with Gasteiger partial charge in [0.15, 0.2) is 6.29 Å². The summed E-state index contributed by atoms with van der Waals surface area (Å²) in [5, 5.41) is 0. The summed E-state index contributed by atoms with van der Waals surface area (Å²) in [6.07, 6.45) is -0.547. The van der Waals surface area contributed by atoms with E-state index >= 15 is 0 Å². The number of nitrogens with two attached hydrogens (primary N) is 1. The van der Waals surface area contributed by atoms with Gasteiger partial charge in [-0.05, 0) is 6.07 Å². The lowest BCUT2D eigenvalue weighted by atomic mass is 10.2. The van der Waals surface area contributed by atoms with E-state index in [0.717, 1.165) is 0 Å². The molecule has 78 valence electrons. The lowest BCUT2D eigenvalue weighted by molar-refractivity contribution is -0.108. The molecule has 0 spiro atoms. The summed E-state index contributed by atoms with van der Waals surface area (Å²) in [6.45, 7) is 0.222. The molecule has 3 N–H and O–H groups in total. The molecule has 1 aromatic heterocycles. The normalized spacial score (nSPS) is 10.9. The standard InChI is InChI=1S/C9H14N2O3/c1-13-9(14-2)7-4-3-6(5-10)8(12)11-7/h3-4,9H,5,10H2,1-2H3,(H,11,12). The van der Waals surface area contributed by atoms with Gasteiger partial charge in [-0.15, -0.1) is 0 Å². The van der Waals surface area contributed by atoms with Crippen molar-refractivity contribution in [3.8, 4) is 0 Å². The summed E-state index contributed by atoms with van der Waals surface area (Å²) in [4.78, 5) is 14.0. The highest BCUT2D eigenvalue weighted by molar-refractivity contribution is 5.14. The lowest BCUT2D eigenvalue weighted by Gasteiger charge is -2.13. The molecule has 0 bridgehead atoms. The predicted molar refractivity (Wildman–Crippen MR) is 51.7 cm³/mol. The smallest absolute Gasteiger partial charge is 0.252 e. The maximum absolute atomic E-state index is 11.4. The molecule has 5 nitrogen and oxygen atoms in total. The summed E-state index contributed by atoms with van der Waals surface area (Å²) in [5.74, 6) is 0.